The summed E-state index contributed by atoms with van der Waals surface area (Å²) in [6, 6.07) is 19.3. The fourth-order valence-corrected chi connectivity index (χ4v) is 3.48. The first-order chi connectivity index (χ1) is 15.4. The molecule has 0 heterocycles. The summed E-state index contributed by atoms with van der Waals surface area (Å²) in [7, 11) is 0. The summed E-state index contributed by atoms with van der Waals surface area (Å²) in [5, 5.41) is 19.4. The standard InChI is InChI=1S/C25H19BrClNO4/c1-2-31-23-12-19(11-20(14-28)17-5-7-18(8-6-17)25(29)30)22(26)13-24(23)32-15-16-3-9-21(27)10-4-16/h3-13H,2,15H2,1H3,(H,29,30)/b20-11-. The Morgan fingerprint density at radius 2 is 1.69 bits per heavy atom. The summed E-state index contributed by atoms with van der Waals surface area (Å²) in [5.74, 6) is 0.0990. The summed E-state index contributed by atoms with van der Waals surface area (Å²) in [6.07, 6.45) is 1.71. The van der Waals surface area contributed by atoms with E-state index in [0.717, 1.165) is 15.6 Å². The predicted molar refractivity (Wildman–Crippen MR) is 128 cm³/mol. The van der Waals surface area contributed by atoms with Crippen LogP contribution in [0.15, 0.2) is 65.1 Å². The number of nitrogens with zero attached hydrogens (tertiary/aromatic N) is 1. The minimum absolute atomic E-state index is 0.160. The minimum Gasteiger partial charge on any atom is -0.490 e. The lowest BCUT2D eigenvalue weighted by Gasteiger charge is -2.14. The van der Waals surface area contributed by atoms with Crippen molar-refractivity contribution in [1.82, 2.24) is 0 Å². The molecule has 0 fully saturated rings. The summed E-state index contributed by atoms with van der Waals surface area (Å²) >= 11 is 9.48. The lowest BCUT2D eigenvalue weighted by atomic mass is 10.0. The SMILES string of the molecule is CCOc1cc(/C=C(/C#N)c2ccc(C(=O)O)cc2)c(Br)cc1OCc1ccc(Cl)cc1. The first-order valence-corrected chi connectivity index (χ1v) is 10.9. The molecule has 0 aromatic heterocycles. The zero-order valence-electron chi connectivity index (χ0n) is 17.1. The number of allylic oxidation sites excluding steroid dienone is 1. The molecule has 0 spiro atoms. The Hall–Kier alpha value is -3.27. The highest BCUT2D eigenvalue weighted by Crippen LogP contribution is 2.36. The number of halogens is 2. The smallest absolute Gasteiger partial charge is 0.335 e. The van der Waals surface area contributed by atoms with E-state index in [2.05, 4.69) is 22.0 Å². The van der Waals surface area contributed by atoms with E-state index in [-0.39, 0.29) is 5.56 Å². The van der Waals surface area contributed by atoms with Gasteiger partial charge in [-0.3, -0.25) is 0 Å². The molecular weight excluding hydrogens is 494 g/mol. The maximum Gasteiger partial charge on any atom is 0.335 e. The van der Waals surface area contributed by atoms with Gasteiger partial charge >= 0.3 is 5.97 Å². The van der Waals surface area contributed by atoms with Gasteiger partial charge in [-0.05, 0) is 66.1 Å². The van der Waals surface area contributed by atoms with Gasteiger partial charge in [0.25, 0.3) is 0 Å². The summed E-state index contributed by atoms with van der Waals surface area (Å²) in [4.78, 5) is 11.1. The Balaban J connectivity index is 1.90. The van der Waals surface area contributed by atoms with Gasteiger partial charge in [0.05, 0.1) is 23.8 Å². The van der Waals surface area contributed by atoms with E-state index < -0.39 is 5.97 Å². The predicted octanol–water partition coefficient (Wildman–Crippen LogP) is 6.84. The fourth-order valence-electron chi connectivity index (χ4n) is 2.91. The number of carboxylic acids is 1. The number of carbonyl (C=O) groups is 1. The van der Waals surface area contributed by atoms with Crippen molar-refractivity contribution in [3.05, 3.63) is 92.4 Å². The maximum atomic E-state index is 11.1. The van der Waals surface area contributed by atoms with Crippen molar-refractivity contribution in [3.8, 4) is 17.6 Å². The highest BCUT2D eigenvalue weighted by molar-refractivity contribution is 9.10. The van der Waals surface area contributed by atoms with Crippen molar-refractivity contribution in [1.29, 1.82) is 5.26 Å². The van der Waals surface area contributed by atoms with Crippen molar-refractivity contribution >= 4 is 45.1 Å². The molecule has 0 aliphatic rings. The van der Waals surface area contributed by atoms with Crippen LogP contribution in [0.1, 0.15) is 34.0 Å². The van der Waals surface area contributed by atoms with Crippen molar-refractivity contribution in [2.75, 3.05) is 6.61 Å². The third-order valence-corrected chi connectivity index (χ3v) is 5.47. The molecule has 3 aromatic rings. The molecule has 0 aliphatic carbocycles. The molecule has 0 atom stereocenters. The second-order valence-electron chi connectivity index (χ2n) is 6.72. The van der Waals surface area contributed by atoms with Gasteiger partial charge in [0, 0.05) is 9.50 Å². The van der Waals surface area contributed by atoms with Gasteiger partial charge < -0.3 is 14.6 Å². The molecule has 0 bridgehead atoms. The van der Waals surface area contributed by atoms with Crippen molar-refractivity contribution in [2.45, 2.75) is 13.5 Å². The molecule has 3 aromatic carbocycles. The largest absolute Gasteiger partial charge is 0.490 e. The van der Waals surface area contributed by atoms with E-state index in [4.69, 9.17) is 26.2 Å². The van der Waals surface area contributed by atoms with Crippen molar-refractivity contribution in [3.63, 3.8) is 0 Å². The van der Waals surface area contributed by atoms with Crippen LogP contribution in [-0.2, 0) is 6.61 Å². The van der Waals surface area contributed by atoms with Gasteiger partial charge in [-0.15, -0.1) is 0 Å². The summed E-state index contributed by atoms with van der Waals surface area (Å²) < 4.78 is 12.4. The first-order valence-electron chi connectivity index (χ1n) is 9.70. The zero-order chi connectivity index (χ0) is 23.1. The molecule has 0 saturated carbocycles. The zero-order valence-corrected chi connectivity index (χ0v) is 19.5. The normalized spacial score (nSPS) is 11.0. The number of hydrogen-bond donors (Lipinski definition) is 1. The first kappa shape index (κ1) is 23.4. The van der Waals surface area contributed by atoms with Crippen LogP contribution in [0, 0.1) is 11.3 Å². The third-order valence-electron chi connectivity index (χ3n) is 4.53. The molecule has 162 valence electrons. The Morgan fingerprint density at radius 1 is 1.06 bits per heavy atom. The topological polar surface area (TPSA) is 79.5 Å². The second-order valence-corrected chi connectivity index (χ2v) is 8.01. The van der Waals surface area contributed by atoms with Gasteiger partial charge in [0.2, 0.25) is 0 Å². The average molecular weight is 513 g/mol. The molecule has 0 unspecified atom stereocenters. The number of ether oxygens (including phenoxy) is 2. The molecule has 7 heteroatoms. The van der Waals surface area contributed by atoms with E-state index >= 15 is 0 Å². The molecule has 0 saturated heterocycles. The minimum atomic E-state index is -1.02. The Morgan fingerprint density at radius 3 is 2.28 bits per heavy atom. The van der Waals surface area contributed by atoms with Crippen LogP contribution in [-0.4, -0.2) is 17.7 Å². The van der Waals surface area contributed by atoms with E-state index in [1.165, 1.54) is 12.1 Å². The van der Waals surface area contributed by atoms with Gasteiger partial charge in [-0.2, -0.15) is 5.26 Å². The molecule has 3 rings (SSSR count). The van der Waals surface area contributed by atoms with Gasteiger partial charge in [0.1, 0.15) is 6.61 Å². The maximum absolute atomic E-state index is 11.1. The number of benzene rings is 3. The van der Waals surface area contributed by atoms with Crippen LogP contribution >= 0.6 is 27.5 Å². The van der Waals surface area contributed by atoms with Crippen LogP contribution in [0.25, 0.3) is 11.6 Å². The molecule has 0 radical (unpaired) electrons. The van der Waals surface area contributed by atoms with E-state index in [9.17, 15) is 10.1 Å². The highest BCUT2D eigenvalue weighted by Gasteiger charge is 2.12. The second kappa shape index (κ2) is 10.9. The molecule has 5 nitrogen and oxygen atoms in total. The molecule has 32 heavy (non-hydrogen) atoms. The quantitative estimate of drug-likeness (QED) is 0.264. The number of aromatic carboxylic acids is 1. The monoisotopic (exact) mass is 511 g/mol. The van der Waals surface area contributed by atoms with Crippen LogP contribution in [0.3, 0.4) is 0 Å². The van der Waals surface area contributed by atoms with E-state index in [0.29, 0.717) is 40.9 Å². The number of carboxylic acid groups (broad SMARTS) is 1. The Kier molecular flexibility index (Phi) is 7.93. The van der Waals surface area contributed by atoms with E-state index in [1.54, 1.807) is 42.5 Å². The van der Waals surface area contributed by atoms with Crippen molar-refractivity contribution < 1.29 is 19.4 Å². The molecule has 1 N–H and O–H groups in total. The molecule has 0 aliphatic heterocycles. The van der Waals surface area contributed by atoms with Gasteiger partial charge in [0.15, 0.2) is 11.5 Å². The highest BCUT2D eigenvalue weighted by atomic mass is 79.9. The average Bonchev–Trinajstić information content (AvgIpc) is 2.79. The third kappa shape index (κ3) is 5.91. The van der Waals surface area contributed by atoms with Crippen LogP contribution < -0.4 is 9.47 Å². The summed E-state index contributed by atoms with van der Waals surface area (Å²) in [6.45, 7) is 2.67. The molecule has 0 amide bonds. The number of rotatable bonds is 8. The van der Waals surface area contributed by atoms with Crippen LogP contribution in [0.4, 0.5) is 0 Å². The Bertz CT molecular complexity index is 1180. The lowest BCUT2D eigenvalue weighted by molar-refractivity contribution is 0.0697. The number of hydrogen-bond acceptors (Lipinski definition) is 4. The van der Waals surface area contributed by atoms with Crippen LogP contribution in [0.2, 0.25) is 5.02 Å². The van der Waals surface area contributed by atoms with Crippen molar-refractivity contribution in [2.24, 2.45) is 0 Å². The van der Waals surface area contributed by atoms with E-state index in [1.807, 2.05) is 19.1 Å². The number of nitriles is 1. The Labute approximate surface area is 199 Å². The van der Waals surface area contributed by atoms with Gasteiger partial charge in [-0.25, -0.2) is 4.79 Å². The summed E-state index contributed by atoms with van der Waals surface area (Å²) in [5.41, 5.74) is 2.86. The fraction of sp³-hybridized carbons (Fsp3) is 0.120. The van der Waals surface area contributed by atoms with Crippen LogP contribution in [0.5, 0.6) is 11.5 Å². The van der Waals surface area contributed by atoms with Gasteiger partial charge in [-0.1, -0.05) is 51.8 Å². The lowest BCUT2D eigenvalue weighted by Crippen LogP contribution is -2.00. The molecular formula is C25H19BrClNO4.